The summed E-state index contributed by atoms with van der Waals surface area (Å²) in [6.45, 7) is 2.74. The summed E-state index contributed by atoms with van der Waals surface area (Å²) in [5.74, 6) is 2.17. The highest BCUT2D eigenvalue weighted by Crippen LogP contribution is 2.30. The standard InChI is InChI=1S/C21H25N3O3/c25-21(16-11-15-3-1-2-4-17(15)22-12-16)24-8-5-19-18(13-24)23-20(27-19)14-6-9-26-10-7-14/h11-12,14H,1-10,13H2. The zero-order chi connectivity index (χ0) is 18.2. The van der Waals surface area contributed by atoms with Crippen molar-refractivity contribution in [1.82, 2.24) is 14.9 Å². The van der Waals surface area contributed by atoms with E-state index in [1.165, 1.54) is 18.4 Å². The first kappa shape index (κ1) is 16.9. The number of hydrogen-bond acceptors (Lipinski definition) is 5. The van der Waals surface area contributed by atoms with Gasteiger partial charge in [-0.3, -0.25) is 9.78 Å². The molecule has 0 spiro atoms. The summed E-state index contributed by atoms with van der Waals surface area (Å²) in [7, 11) is 0. The van der Waals surface area contributed by atoms with Crippen molar-refractivity contribution in [2.75, 3.05) is 19.8 Å². The summed E-state index contributed by atoms with van der Waals surface area (Å²) in [5.41, 5.74) is 4.03. The SMILES string of the molecule is O=C(c1cnc2c(c1)CCCC2)N1CCc2oc(C3CCOCC3)nc2C1. The Bertz CT molecular complexity index is 854. The van der Waals surface area contributed by atoms with E-state index < -0.39 is 0 Å². The van der Waals surface area contributed by atoms with Crippen molar-refractivity contribution in [3.05, 3.63) is 46.4 Å². The molecule has 0 unspecified atom stereocenters. The van der Waals surface area contributed by atoms with Crippen molar-refractivity contribution in [2.24, 2.45) is 0 Å². The van der Waals surface area contributed by atoms with E-state index in [0.717, 1.165) is 68.4 Å². The predicted octanol–water partition coefficient (Wildman–Crippen LogP) is 3.04. The molecule has 3 aliphatic rings. The molecule has 6 nitrogen and oxygen atoms in total. The van der Waals surface area contributed by atoms with Gasteiger partial charge in [-0.15, -0.1) is 0 Å². The highest BCUT2D eigenvalue weighted by Gasteiger charge is 2.29. The average Bonchev–Trinajstić information content (AvgIpc) is 3.17. The van der Waals surface area contributed by atoms with Crippen molar-refractivity contribution in [1.29, 1.82) is 0 Å². The molecule has 0 bridgehead atoms. The molecule has 2 aromatic rings. The lowest BCUT2D eigenvalue weighted by Crippen LogP contribution is -2.36. The van der Waals surface area contributed by atoms with E-state index in [2.05, 4.69) is 11.1 Å². The second-order valence-electron chi connectivity index (χ2n) is 7.82. The van der Waals surface area contributed by atoms with Gasteiger partial charge in [0.2, 0.25) is 0 Å². The lowest BCUT2D eigenvalue weighted by atomic mass is 9.95. The molecule has 2 aromatic heterocycles. The predicted molar refractivity (Wildman–Crippen MR) is 98.6 cm³/mol. The number of amides is 1. The Balaban J connectivity index is 1.33. The van der Waals surface area contributed by atoms with Crippen LogP contribution in [0.4, 0.5) is 0 Å². The van der Waals surface area contributed by atoms with E-state index in [0.29, 0.717) is 24.6 Å². The molecule has 142 valence electrons. The van der Waals surface area contributed by atoms with Crippen LogP contribution in [-0.4, -0.2) is 40.5 Å². The molecule has 1 amide bonds. The van der Waals surface area contributed by atoms with Gasteiger partial charge < -0.3 is 14.1 Å². The topological polar surface area (TPSA) is 68.5 Å². The quantitative estimate of drug-likeness (QED) is 0.816. The van der Waals surface area contributed by atoms with Crippen LogP contribution in [0.25, 0.3) is 0 Å². The smallest absolute Gasteiger partial charge is 0.255 e. The molecule has 0 radical (unpaired) electrons. The maximum absolute atomic E-state index is 13.0. The fourth-order valence-corrected chi connectivity index (χ4v) is 4.40. The molecule has 0 aromatic carbocycles. The van der Waals surface area contributed by atoms with Crippen LogP contribution in [0.15, 0.2) is 16.7 Å². The first-order chi connectivity index (χ1) is 13.3. The van der Waals surface area contributed by atoms with E-state index in [4.69, 9.17) is 14.1 Å². The molecular weight excluding hydrogens is 342 g/mol. The van der Waals surface area contributed by atoms with Gasteiger partial charge in [-0.1, -0.05) is 0 Å². The number of pyridine rings is 1. The molecule has 1 saturated heterocycles. The van der Waals surface area contributed by atoms with E-state index in [1.54, 1.807) is 6.20 Å². The van der Waals surface area contributed by atoms with Crippen molar-refractivity contribution < 1.29 is 13.9 Å². The number of rotatable bonds is 2. The van der Waals surface area contributed by atoms with Gasteiger partial charge in [-0.05, 0) is 50.2 Å². The molecule has 0 atom stereocenters. The fraction of sp³-hybridized carbons (Fsp3) is 0.571. The lowest BCUT2D eigenvalue weighted by molar-refractivity contribution is 0.0725. The first-order valence-corrected chi connectivity index (χ1v) is 10.1. The summed E-state index contributed by atoms with van der Waals surface area (Å²) >= 11 is 0. The van der Waals surface area contributed by atoms with Crippen LogP contribution < -0.4 is 0 Å². The van der Waals surface area contributed by atoms with E-state index >= 15 is 0 Å². The van der Waals surface area contributed by atoms with Crippen LogP contribution in [0.1, 0.15) is 70.6 Å². The highest BCUT2D eigenvalue weighted by molar-refractivity contribution is 5.94. The summed E-state index contributed by atoms with van der Waals surface area (Å²) in [6.07, 6.45) is 8.85. The fourth-order valence-electron chi connectivity index (χ4n) is 4.40. The minimum absolute atomic E-state index is 0.0529. The van der Waals surface area contributed by atoms with Gasteiger partial charge in [0.15, 0.2) is 5.89 Å². The molecule has 0 saturated carbocycles. The number of aromatic nitrogens is 2. The van der Waals surface area contributed by atoms with Gasteiger partial charge in [0.1, 0.15) is 11.5 Å². The molecule has 5 rings (SSSR count). The van der Waals surface area contributed by atoms with Crippen LogP contribution in [-0.2, 0) is 30.5 Å². The summed E-state index contributed by atoms with van der Waals surface area (Å²) in [6, 6.07) is 2.05. The van der Waals surface area contributed by atoms with Crippen molar-refractivity contribution in [3.8, 4) is 0 Å². The number of carbonyl (C=O) groups is 1. The number of hydrogen-bond donors (Lipinski definition) is 0. The molecule has 4 heterocycles. The second kappa shape index (κ2) is 7.08. The number of carbonyl (C=O) groups excluding carboxylic acids is 1. The summed E-state index contributed by atoms with van der Waals surface area (Å²) in [4.78, 5) is 24.2. The summed E-state index contributed by atoms with van der Waals surface area (Å²) < 4.78 is 11.5. The third-order valence-electron chi connectivity index (χ3n) is 6.02. The third-order valence-corrected chi connectivity index (χ3v) is 6.02. The number of aryl methyl sites for hydroxylation is 2. The number of fused-ring (bicyclic) bond motifs is 2. The third kappa shape index (κ3) is 3.27. The van der Waals surface area contributed by atoms with E-state index in [9.17, 15) is 4.79 Å². The Morgan fingerprint density at radius 3 is 2.85 bits per heavy atom. The number of nitrogens with zero attached hydrogens (tertiary/aromatic N) is 3. The van der Waals surface area contributed by atoms with Gasteiger partial charge in [-0.25, -0.2) is 4.98 Å². The van der Waals surface area contributed by atoms with Gasteiger partial charge in [-0.2, -0.15) is 0 Å². The minimum Gasteiger partial charge on any atom is -0.445 e. The number of oxazole rings is 1. The van der Waals surface area contributed by atoms with Gasteiger partial charge in [0.25, 0.3) is 5.91 Å². The first-order valence-electron chi connectivity index (χ1n) is 10.1. The Hall–Kier alpha value is -2.21. The largest absolute Gasteiger partial charge is 0.445 e. The van der Waals surface area contributed by atoms with Crippen LogP contribution in [0.3, 0.4) is 0 Å². The van der Waals surface area contributed by atoms with Crippen molar-refractivity contribution >= 4 is 5.91 Å². The van der Waals surface area contributed by atoms with Crippen molar-refractivity contribution in [2.45, 2.75) is 57.4 Å². The van der Waals surface area contributed by atoms with E-state index in [1.807, 2.05) is 4.90 Å². The minimum atomic E-state index is 0.0529. The Morgan fingerprint density at radius 2 is 1.96 bits per heavy atom. The highest BCUT2D eigenvalue weighted by atomic mass is 16.5. The average molecular weight is 367 g/mol. The zero-order valence-corrected chi connectivity index (χ0v) is 15.6. The molecule has 6 heteroatoms. The zero-order valence-electron chi connectivity index (χ0n) is 15.6. The van der Waals surface area contributed by atoms with E-state index in [-0.39, 0.29) is 5.91 Å². The molecule has 1 fully saturated rings. The molecule has 1 aliphatic carbocycles. The Labute approximate surface area is 158 Å². The van der Waals surface area contributed by atoms with Crippen LogP contribution in [0.2, 0.25) is 0 Å². The van der Waals surface area contributed by atoms with Gasteiger partial charge >= 0.3 is 0 Å². The van der Waals surface area contributed by atoms with Crippen LogP contribution in [0, 0.1) is 0 Å². The number of ether oxygens (including phenoxy) is 1. The summed E-state index contributed by atoms with van der Waals surface area (Å²) in [5, 5.41) is 0. The molecule has 0 N–H and O–H groups in total. The maximum Gasteiger partial charge on any atom is 0.255 e. The van der Waals surface area contributed by atoms with Crippen molar-refractivity contribution in [3.63, 3.8) is 0 Å². The van der Waals surface area contributed by atoms with Gasteiger partial charge in [0.05, 0.1) is 12.1 Å². The Morgan fingerprint density at radius 1 is 1.11 bits per heavy atom. The normalized spacial score (nSPS) is 20.2. The maximum atomic E-state index is 13.0. The van der Waals surface area contributed by atoms with Gasteiger partial charge in [0, 0.05) is 44.0 Å². The monoisotopic (exact) mass is 367 g/mol. The second-order valence-corrected chi connectivity index (χ2v) is 7.82. The lowest BCUT2D eigenvalue weighted by Gasteiger charge is -2.26. The molecule has 2 aliphatic heterocycles. The molecule has 27 heavy (non-hydrogen) atoms. The Kier molecular flexibility index (Phi) is 4.44. The van der Waals surface area contributed by atoms with Crippen LogP contribution in [0.5, 0.6) is 0 Å². The molecular formula is C21H25N3O3. The van der Waals surface area contributed by atoms with Crippen LogP contribution >= 0.6 is 0 Å².